The Kier molecular flexibility index (Phi) is 4.48. The lowest BCUT2D eigenvalue weighted by atomic mass is 9.84. The first-order chi connectivity index (χ1) is 7.47. The Balaban J connectivity index is 2.71. The largest absolute Gasteiger partial charge is 0.316 e. The van der Waals surface area contributed by atoms with Crippen LogP contribution in [-0.2, 0) is 12.8 Å². The van der Waals surface area contributed by atoms with Gasteiger partial charge >= 0.3 is 0 Å². The van der Waals surface area contributed by atoms with Crippen molar-refractivity contribution in [1.82, 2.24) is 10.3 Å². The molecule has 1 heterocycles. The van der Waals surface area contributed by atoms with Gasteiger partial charge in [0.2, 0.25) is 0 Å². The molecule has 1 unspecified atom stereocenters. The van der Waals surface area contributed by atoms with Gasteiger partial charge in [0.15, 0.2) is 0 Å². The molecule has 0 saturated carbocycles. The van der Waals surface area contributed by atoms with Crippen LogP contribution in [0.25, 0.3) is 0 Å². The fourth-order valence-corrected chi connectivity index (χ4v) is 1.84. The molecule has 0 aliphatic rings. The Labute approximate surface area is 99.5 Å². The quantitative estimate of drug-likeness (QED) is 0.844. The highest BCUT2D eigenvalue weighted by atomic mass is 14.9. The van der Waals surface area contributed by atoms with Crippen molar-refractivity contribution >= 4 is 0 Å². The smallest absolute Gasteiger partial charge is 0.0419 e. The van der Waals surface area contributed by atoms with E-state index in [1.165, 1.54) is 11.3 Å². The zero-order valence-electron chi connectivity index (χ0n) is 11.2. The molecule has 0 aliphatic carbocycles. The molecule has 1 N–H and O–H groups in total. The summed E-state index contributed by atoms with van der Waals surface area (Å²) >= 11 is 0. The van der Waals surface area contributed by atoms with Crippen LogP contribution >= 0.6 is 0 Å². The van der Waals surface area contributed by atoms with E-state index in [1.54, 1.807) is 0 Å². The van der Waals surface area contributed by atoms with Crippen LogP contribution in [-0.4, -0.2) is 18.1 Å². The number of likely N-dealkylation sites (N-methyl/N-ethyl adjacent to an activating group) is 1. The predicted molar refractivity (Wildman–Crippen MR) is 69.6 cm³/mol. The summed E-state index contributed by atoms with van der Waals surface area (Å²) in [4.78, 5) is 4.51. The summed E-state index contributed by atoms with van der Waals surface area (Å²) in [5.74, 6) is 0. The maximum atomic E-state index is 4.51. The van der Waals surface area contributed by atoms with E-state index < -0.39 is 0 Å². The second-order valence-electron chi connectivity index (χ2n) is 5.42. The average molecular weight is 220 g/mol. The van der Waals surface area contributed by atoms with E-state index in [1.807, 2.05) is 13.2 Å². The molecule has 0 spiro atoms. The average Bonchev–Trinajstić information content (AvgIpc) is 2.25. The first-order valence-corrected chi connectivity index (χ1v) is 6.08. The van der Waals surface area contributed by atoms with Crippen LogP contribution in [0.4, 0.5) is 0 Å². The fraction of sp³-hybridized carbons (Fsp3) is 0.643. The lowest BCUT2D eigenvalue weighted by Crippen LogP contribution is -2.39. The predicted octanol–water partition coefficient (Wildman–Crippen LogP) is 2.82. The number of pyridine rings is 1. The number of hydrogen-bond donors (Lipinski definition) is 1. The SMILES string of the molecule is CCc1ccc(CC(NC)C(C)(C)C)nc1. The van der Waals surface area contributed by atoms with Crippen LogP contribution in [0.1, 0.15) is 39.0 Å². The van der Waals surface area contributed by atoms with Gasteiger partial charge in [-0.05, 0) is 30.5 Å². The van der Waals surface area contributed by atoms with Crippen molar-refractivity contribution in [3.05, 3.63) is 29.6 Å². The molecular weight excluding hydrogens is 196 g/mol. The van der Waals surface area contributed by atoms with Gasteiger partial charge in [0.1, 0.15) is 0 Å². The van der Waals surface area contributed by atoms with Crippen molar-refractivity contribution in [2.24, 2.45) is 5.41 Å². The fourth-order valence-electron chi connectivity index (χ4n) is 1.84. The van der Waals surface area contributed by atoms with E-state index in [2.05, 4.69) is 50.1 Å². The van der Waals surface area contributed by atoms with Crippen molar-refractivity contribution in [2.75, 3.05) is 7.05 Å². The molecule has 0 bridgehead atoms. The summed E-state index contributed by atoms with van der Waals surface area (Å²) in [7, 11) is 2.02. The standard InChI is InChI=1S/C14H24N2/c1-6-11-7-8-12(16-10-11)9-13(15-5)14(2,3)4/h7-8,10,13,15H,6,9H2,1-5H3. The van der Waals surface area contributed by atoms with Gasteiger partial charge < -0.3 is 5.32 Å². The van der Waals surface area contributed by atoms with Gasteiger partial charge in [-0.25, -0.2) is 0 Å². The van der Waals surface area contributed by atoms with Gasteiger partial charge in [0.05, 0.1) is 0 Å². The molecule has 0 radical (unpaired) electrons. The van der Waals surface area contributed by atoms with Crippen molar-refractivity contribution in [1.29, 1.82) is 0 Å². The van der Waals surface area contributed by atoms with Crippen molar-refractivity contribution in [3.8, 4) is 0 Å². The van der Waals surface area contributed by atoms with Crippen molar-refractivity contribution in [2.45, 2.75) is 46.6 Å². The number of nitrogens with one attached hydrogen (secondary N) is 1. The van der Waals surface area contributed by atoms with E-state index in [4.69, 9.17) is 0 Å². The summed E-state index contributed by atoms with van der Waals surface area (Å²) in [5.41, 5.74) is 2.74. The van der Waals surface area contributed by atoms with Crippen LogP contribution < -0.4 is 5.32 Å². The van der Waals surface area contributed by atoms with Crippen LogP contribution in [0.3, 0.4) is 0 Å². The minimum Gasteiger partial charge on any atom is -0.316 e. The molecule has 1 aromatic rings. The van der Waals surface area contributed by atoms with E-state index in [9.17, 15) is 0 Å². The molecule has 0 saturated heterocycles. The van der Waals surface area contributed by atoms with Crippen molar-refractivity contribution < 1.29 is 0 Å². The first kappa shape index (κ1) is 13.2. The lowest BCUT2D eigenvalue weighted by molar-refractivity contribution is 0.278. The number of aryl methyl sites for hydroxylation is 1. The van der Waals surface area contributed by atoms with Crippen LogP contribution in [0.5, 0.6) is 0 Å². The highest BCUT2D eigenvalue weighted by Crippen LogP contribution is 2.21. The molecular formula is C14H24N2. The Morgan fingerprint density at radius 1 is 1.31 bits per heavy atom. The molecule has 90 valence electrons. The highest BCUT2D eigenvalue weighted by Gasteiger charge is 2.23. The maximum absolute atomic E-state index is 4.51. The van der Waals surface area contributed by atoms with Gasteiger partial charge in [-0.1, -0.05) is 33.8 Å². The molecule has 2 heteroatoms. The van der Waals surface area contributed by atoms with E-state index in [0.29, 0.717) is 6.04 Å². The highest BCUT2D eigenvalue weighted by molar-refractivity contribution is 5.15. The molecule has 0 amide bonds. The second kappa shape index (κ2) is 5.44. The third-order valence-corrected chi connectivity index (χ3v) is 3.10. The molecule has 16 heavy (non-hydrogen) atoms. The van der Waals surface area contributed by atoms with Crippen LogP contribution in [0, 0.1) is 5.41 Å². The van der Waals surface area contributed by atoms with Gasteiger partial charge in [0.25, 0.3) is 0 Å². The monoisotopic (exact) mass is 220 g/mol. The summed E-state index contributed by atoms with van der Waals surface area (Å²) in [6.45, 7) is 8.93. The summed E-state index contributed by atoms with van der Waals surface area (Å²) < 4.78 is 0. The molecule has 1 atom stereocenters. The Hall–Kier alpha value is -0.890. The van der Waals surface area contributed by atoms with E-state index >= 15 is 0 Å². The number of rotatable bonds is 4. The van der Waals surface area contributed by atoms with Gasteiger partial charge in [-0.2, -0.15) is 0 Å². The zero-order chi connectivity index (χ0) is 12.2. The summed E-state index contributed by atoms with van der Waals surface area (Å²) in [6, 6.07) is 4.79. The minimum absolute atomic E-state index is 0.264. The molecule has 0 fully saturated rings. The van der Waals surface area contributed by atoms with E-state index in [-0.39, 0.29) is 5.41 Å². The Morgan fingerprint density at radius 3 is 2.38 bits per heavy atom. The first-order valence-electron chi connectivity index (χ1n) is 6.08. The molecule has 0 aliphatic heterocycles. The zero-order valence-corrected chi connectivity index (χ0v) is 11.2. The van der Waals surface area contributed by atoms with Crippen LogP contribution in [0.15, 0.2) is 18.3 Å². The Morgan fingerprint density at radius 2 is 2.00 bits per heavy atom. The normalized spacial score (nSPS) is 13.8. The third kappa shape index (κ3) is 3.60. The van der Waals surface area contributed by atoms with Gasteiger partial charge in [0, 0.05) is 24.4 Å². The number of aromatic nitrogens is 1. The van der Waals surface area contributed by atoms with Gasteiger partial charge in [-0.3, -0.25) is 4.98 Å². The minimum atomic E-state index is 0.264. The summed E-state index contributed by atoms with van der Waals surface area (Å²) in [5, 5.41) is 3.38. The second-order valence-corrected chi connectivity index (χ2v) is 5.42. The third-order valence-electron chi connectivity index (χ3n) is 3.10. The molecule has 1 aromatic heterocycles. The lowest BCUT2D eigenvalue weighted by Gasteiger charge is -2.30. The van der Waals surface area contributed by atoms with Crippen LogP contribution in [0.2, 0.25) is 0 Å². The number of nitrogens with zero attached hydrogens (tertiary/aromatic N) is 1. The molecule has 0 aromatic carbocycles. The topological polar surface area (TPSA) is 24.9 Å². The number of hydrogen-bond acceptors (Lipinski definition) is 2. The Bertz CT molecular complexity index is 309. The van der Waals surface area contributed by atoms with E-state index in [0.717, 1.165) is 12.8 Å². The van der Waals surface area contributed by atoms with Gasteiger partial charge in [-0.15, -0.1) is 0 Å². The molecule has 1 rings (SSSR count). The van der Waals surface area contributed by atoms with Crippen molar-refractivity contribution in [3.63, 3.8) is 0 Å². The maximum Gasteiger partial charge on any atom is 0.0419 e. The molecule has 2 nitrogen and oxygen atoms in total. The summed E-state index contributed by atoms with van der Waals surface area (Å²) in [6.07, 6.45) is 4.04.